The van der Waals surface area contributed by atoms with Gasteiger partial charge in [0.25, 0.3) is 5.69 Å². The van der Waals surface area contributed by atoms with Gasteiger partial charge in [-0.05, 0) is 6.07 Å². The van der Waals surface area contributed by atoms with E-state index < -0.39 is 10.9 Å². The number of carboxylic acid groups (broad SMARTS) is 1. The van der Waals surface area contributed by atoms with Gasteiger partial charge < -0.3 is 14.4 Å². The molecule has 0 aliphatic carbocycles. The summed E-state index contributed by atoms with van der Waals surface area (Å²) in [7, 11) is 0. The second-order valence-corrected chi connectivity index (χ2v) is 3.76. The Morgan fingerprint density at radius 1 is 1.55 bits per heavy atom. The summed E-state index contributed by atoms with van der Waals surface area (Å²) in [5.41, 5.74) is -0.635. The topological polar surface area (TPSA) is 129 Å². The zero-order chi connectivity index (χ0) is 14.7. The Bertz CT molecular complexity index is 666. The predicted octanol–water partition coefficient (Wildman–Crippen LogP) is 1.56. The summed E-state index contributed by atoms with van der Waals surface area (Å²) < 4.78 is 9.98. The molecule has 1 aromatic carbocycles. The molecule has 9 nitrogen and oxygen atoms in total. The molecular formula is C11H9N3O6. The van der Waals surface area contributed by atoms with Gasteiger partial charge in [-0.15, -0.1) is 0 Å². The maximum Gasteiger partial charge on any atom is 0.339 e. The number of carbonyl (C=O) groups is 1. The minimum absolute atomic E-state index is 0.00875. The van der Waals surface area contributed by atoms with Crippen LogP contribution in [0.5, 0.6) is 5.75 Å². The smallest absolute Gasteiger partial charge is 0.339 e. The van der Waals surface area contributed by atoms with Crippen molar-refractivity contribution in [2.24, 2.45) is 0 Å². The molecule has 0 atom stereocenters. The third kappa shape index (κ3) is 2.88. The summed E-state index contributed by atoms with van der Waals surface area (Å²) in [6.45, 7) is 1.50. The molecule has 0 aliphatic heterocycles. The zero-order valence-electron chi connectivity index (χ0n) is 10.3. The van der Waals surface area contributed by atoms with Crippen LogP contribution in [0, 0.1) is 17.0 Å². The highest BCUT2D eigenvalue weighted by molar-refractivity contribution is 5.91. The van der Waals surface area contributed by atoms with Gasteiger partial charge >= 0.3 is 5.97 Å². The largest absolute Gasteiger partial charge is 0.485 e. The number of hydrogen-bond donors (Lipinski definition) is 1. The molecule has 2 rings (SSSR count). The van der Waals surface area contributed by atoms with E-state index in [0.717, 1.165) is 12.1 Å². The quantitative estimate of drug-likeness (QED) is 0.644. The molecule has 0 radical (unpaired) electrons. The van der Waals surface area contributed by atoms with E-state index >= 15 is 0 Å². The number of nitrogens with zero attached hydrogens (tertiary/aromatic N) is 3. The fraction of sp³-hybridized carbons (Fsp3) is 0.182. The number of aromatic carboxylic acids is 1. The molecule has 1 heterocycles. The van der Waals surface area contributed by atoms with E-state index in [0.29, 0.717) is 5.89 Å². The van der Waals surface area contributed by atoms with Crippen molar-refractivity contribution in [2.45, 2.75) is 13.5 Å². The third-order valence-corrected chi connectivity index (χ3v) is 2.33. The van der Waals surface area contributed by atoms with Crippen LogP contribution in [0.15, 0.2) is 22.7 Å². The molecule has 2 aromatic rings. The second-order valence-electron chi connectivity index (χ2n) is 3.76. The SMILES string of the molecule is Cc1nc(COc2ccc([N+](=O)[O-])cc2C(=O)O)no1. The third-order valence-electron chi connectivity index (χ3n) is 2.33. The molecule has 0 fully saturated rings. The van der Waals surface area contributed by atoms with Crippen molar-refractivity contribution in [1.29, 1.82) is 0 Å². The molecule has 0 bridgehead atoms. The van der Waals surface area contributed by atoms with Crippen molar-refractivity contribution >= 4 is 11.7 Å². The number of rotatable bonds is 5. The van der Waals surface area contributed by atoms with Crippen molar-refractivity contribution in [3.8, 4) is 5.75 Å². The standard InChI is InChI=1S/C11H9N3O6/c1-6-12-10(13-20-6)5-19-9-3-2-7(14(17)18)4-8(9)11(15)16/h2-4H,5H2,1H3,(H,15,16). The number of hydrogen-bond acceptors (Lipinski definition) is 7. The van der Waals surface area contributed by atoms with Gasteiger partial charge in [0.15, 0.2) is 6.61 Å². The number of nitro groups is 1. The Hall–Kier alpha value is -2.97. The molecule has 0 saturated heterocycles. The molecule has 1 N–H and O–H groups in total. The van der Waals surface area contributed by atoms with E-state index in [4.69, 9.17) is 14.4 Å². The van der Waals surface area contributed by atoms with Crippen molar-refractivity contribution in [3.05, 3.63) is 45.6 Å². The van der Waals surface area contributed by atoms with Gasteiger partial charge in [0, 0.05) is 19.1 Å². The first kappa shape index (κ1) is 13.5. The lowest BCUT2D eigenvalue weighted by atomic mass is 10.2. The predicted molar refractivity (Wildman–Crippen MR) is 63.4 cm³/mol. The lowest BCUT2D eigenvalue weighted by Gasteiger charge is -2.06. The highest BCUT2D eigenvalue weighted by Gasteiger charge is 2.17. The Balaban J connectivity index is 2.22. The number of nitro benzene ring substituents is 1. The fourth-order valence-corrected chi connectivity index (χ4v) is 1.47. The molecule has 0 saturated carbocycles. The first-order valence-electron chi connectivity index (χ1n) is 5.41. The maximum atomic E-state index is 11.1. The van der Waals surface area contributed by atoms with E-state index in [9.17, 15) is 14.9 Å². The number of non-ortho nitro benzene ring substituents is 1. The van der Waals surface area contributed by atoms with Gasteiger partial charge in [0.2, 0.25) is 11.7 Å². The van der Waals surface area contributed by atoms with Crippen molar-refractivity contribution in [2.75, 3.05) is 0 Å². The van der Waals surface area contributed by atoms with Crippen molar-refractivity contribution < 1.29 is 24.1 Å². The van der Waals surface area contributed by atoms with Crippen LogP contribution in [0.25, 0.3) is 0 Å². The highest BCUT2D eigenvalue weighted by Crippen LogP contribution is 2.24. The van der Waals surface area contributed by atoms with Crippen molar-refractivity contribution in [3.63, 3.8) is 0 Å². The molecule has 1 aromatic heterocycles. The second kappa shape index (κ2) is 5.34. The lowest BCUT2D eigenvalue weighted by Crippen LogP contribution is -2.05. The van der Waals surface area contributed by atoms with Crippen LogP contribution in [0.4, 0.5) is 5.69 Å². The molecule has 104 valence electrons. The molecular weight excluding hydrogens is 270 g/mol. The molecule has 0 unspecified atom stereocenters. The monoisotopic (exact) mass is 279 g/mol. The summed E-state index contributed by atoms with van der Waals surface area (Å²) >= 11 is 0. The zero-order valence-corrected chi connectivity index (χ0v) is 10.3. The van der Waals surface area contributed by atoms with Gasteiger partial charge in [0.1, 0.15) is 11.3 Å². The van der Waals surface area contributed by atoms with Crippen LogP contribution >= 0.6 is 0 Å². The minimum atomic E-state index is -1.33. The van der Waals surface area contributed by atoms with E-state index in [1.54, 1.807) is 6.92 Å². The number of carboxylic acids is 1. The number of aryl methyl sites for hydroxylation is 1. The Kier molecular flexibility index (Phi) is 3.60. The van der Waals surface area contributed by atoms with Crippen LogP contribution in [-0.2, 0) is 6.61 Å². The van der Waals surface area contributed by atoms with Crippen LogP contribution in [0.3, 0.4) is 0 Å². The number of aromatic nitrogens is 2. The molecule has 0 amide bonds. The van der Waals surface area contributed by atoms with Gasteiger partial charge in [-0.1, -0.05) is 5.16 Å². The van der Waals surface area contributed by atoms with Gasteiger partial charge in [0.05, 0.1) is 4.92 Å². The molecule has 0 aliphatic rings. The fourth-order valence-electron chi connectivity index (χ4n) is 1.47. The summed E-state index contributed by atoms with van der Waals surface area (Å²) in [5.74, 6) is -0.735. The summed E-state index contributed by atoms with van der Waals surface area (Å²) in [5, 5.41) is 23.2. The number of ether oxygens (including phenoxy) is 1. The summed E-state index contributed by atoms with van der Waals surface area (Å²) in [6, 6.07) is 3.30. The van der Waals surface area contributed by atoms with Gasteiger partial charge in [-0.3, -0.25) is 10.1 Å². The maximum absolute atomic E-state index is 11.1. The van der Waals surface area contributed by atoms with Crippen LogP contribution in [0.1, 0.15) is 22.1 Å². The first-order chi connectivity index (χ1) is 9.47. The summed E-state index contributed by atoms with van der Waals surface area (Å²) in [4.78, 5) is 24.9. The molecule has 20 heavy (non-hydrogen) atoms. The van der Waals surface area contributed by atoms with Crippen LogP contribution < -0.4 is 4.74 Å². The minimum Gasteiger partial charge on any atom is -0.485 e. The lowest BCUT2D eigenvalue weighted by molar-refractivity contribution is -0.384. The van der Waals surface area contributed by atoms with E-state index in [2.05, 4.69) is 10.1 Å². The average molecular weight is 279 g/mol. The van der Waals surface area contributed by atoms with Crippen molar-refractivity contribution in [1.82, 2.24) is 10.1 Å². The first-order valence-corrected chi connectivity index (χ1v) is 5.41. The van der Waals surface area contributed by atoms with Crippen LogP contribution in [-0.4, -0.2) is 26.1 Å². The molecule has 9 heteroatoms. The summed E-state index contributed by atoms with van der Waals surface area (Å²) in [6.07, 6.45) is 0. The number of benzene rings is 1. The molecule has 0 spiro atoms. The van der Waals surface area contributed by atoms with Gasteiger partial charge in [-0.2, -0.15) is 4.98 Å². The Morgan fingerprint density at radius 2 is 2.30 bits per heavy atom. The van der Waals surface area contributed by atoms with Crippen LogP contribution in [0.2, 0.25) is 0 Å². The van der Waals surface area contributed by atoms with E-state index in [1.165, 1.54) is 6.07 Å². The highest BCUT2D eigenvalue weighted by atomic mass is 16.6. The van der Waals surface area contributed by atoms with Gasteiger partial charge in [-0.25, -0.2) is 4.79 Å². The normalized spacial score (nSPS) is 10.2. The van der Waals surface area contributed by atoms with E-state index in [-0.39, 0.29) is 29.4 Å². The Labute approximate surface area is 111 Å². The average Bonchev–Trinajstić information content (AvgIpc) is 2.81. The Morgan fingerprint density at radius 3 is 2.85 bits per heavy atom. The van der Waals surface area contributed by atoms with E-state index in [1.807, 2.05) is 0 Å².